The summed E-state index contributed by atoms with van der Waals surface area (Å²) in [5.41, 5.74) is 7.60. The number of nitrogens with one attached hydrogen (secondary N) is 2. The third kappa shape index (κ3) is 2.30. The van der Waals surface area contributed by atoms with E-state index in [9.17, 15) is 8.42 Å². The van der Waals surface area contributed by atoms with Crippen molar-refractivity contribution in [2.45, 2.75) is 18.7 Å². The summed E-state index contributed by atoms with van der Waals surface area (Å²) in [6, 6.07) is 3.18. The number of hydrogen-bond acceptors (Lipinski definition) is 4. The average Bonchev–Trinajstić information content (AvgIpc) is 2.75. The highest BCUT2D eigenvalue weighted by atomic mass is 32.2. The van der Waals surface area contributed by atoms with Gasteiger partial charge in [-0.3, -0.25) is 0 Å². The van der Waals surface area contributed by atoms with E-state index in [1.165, 1.54) is 18.5 Å². The lowest BCUT2D eigenvalue weighted by Gasteiger charge is -2.11. The minimum atomic E-state index is -3.68. The number of nitrogens with two attached hydrogens (primary N) is 1. The van der Waals surface area contributed by atoms with Crippen molar-refractivity contribution in [3.8, 4) is 0 Å². The Balaban J connectivity index is 2.48. The summed E-state index contributed by atoms with van der Waals surface area (Å²) < 4.78 is 26.8. The lowest BCUT2D eigenvalue weighted by atomic mass is 10.1. The monoisotopic (exact) mass is 266 g/mol. The zero-order valence-corrected chi connectivity index (χ0v) is 10.9. The van der Waals surface area contributed by atoms with Crippen LogP contribution in [0.2, 0.25) is 0 Å². The van der Waals surface area contributed by atoms with Gasteiger partial charge in [0.1, 0.15) is 0 Å². The Labute approximate surface area is 105 Å². The molecular formula is C11H14N4O2S. The number of aromatic amines is 1. The normalized spacial score (nSPS) is 11.4. The van der Waals surface area contributed by atoms with Crippen LogP contribution in [0.1, 0.15) is 11.1 Å². The minimum absolute atomic E-state index is 0.163. The Hall–Kier alpha value is -2.02. The summed E-state index contributed by atoms with van der Waals surface area (Å²) in [5.74, 6) is 0.175. The summed E-state index contributed by atoms with van der Waals surface area (Å²) in [6.45, 7) is 3.56. The molecule has 2 aromatic rings. The molecule has 4 N–H and O–H groups in total. The quantitative estimate of drug-likeness (QED) is 0.731. The summed E-state index contributed by atoms with van der Waals surface area (Å²) in [6.07, 6.45) is 3.00. The Morgan fingerprint density at radius 3 is 2.67 bits per heavy atom. The van der Waals surface area contributed by atoms with Gasteiger partial charge in [0.05, 0.1) is 4.90 Å². The molecule has 0 spiro atoms. The molecule has 0 unspecified atom stereocenters. The highest BCUT2D eigenvalue weighted by Gasteiger charge is 2.19. The Morgan fingerprint density at radius 2 is 2.06 bits per heavy atom. The van der Waals surface area contributed by atoms with Crippen LogP contribution in [-0.4, -0.2) is 18.4 Å². The van der Waals surface area contributed by atoms with Gasteiger partial charge in [-0.2, -0.15) is 0 Å². The highest BCUT2D eigenvalue weighted by molar-refractivity contribution is 7.92. The SMILES string of the molecule is Cc1cc(N)cc(S(=O)(=O)Nc2ncc[nH]2)c1C. The van der Waals surface area contributed by atoms with Gasteiger partial charge in [-0.25, -0.2) is 18.1 Å². The third-order valence-electron chi connectivity index (χ3n) is 2.66. The van der Waals surface area contributed by atoms with Crippen molar-refractivity contribution in [3.05, 3.63) is 35.7 Å². The second-order valence-corrected chi connectivity index (χ2v) is 5.66. The smallest absolute Gasteiger partial charge is 0.264 e. The maximum absolute atomic E-state index is 12.2. The van der Waals surface area contributed by atoms with Crippen LogP contribution in [-0.2, 0) is 10.0 Å². The van der Waals surface area contributed by atoms with Gasteiger partial charge in [0, 0.05) is 18.1 Å². The van der Waals surface area contributed by atoms with Gasteiger partial charge in [0.25, 0.3) is 10.0 Å². The van der Waals surface area contributed by atoms with E-state index >= 15 is 0 Å². The highest BCUT2D eigenvalue weighted by Crippen LogP contribution is 2.23. The van der Waals surface area contributed by atoms with Gasteiger partial charge in [-0.15, -0.1) is 0 Å². The molecule has 0 amide bonds. The van der Waals surface area contributed by atoms with Crippen LogP contribution in [0, 0.1) is 13.8 Å². The number of nitrogens with zero attached hydrogens (tertiary/aromatic N) is 1. The fourth-order valence-electron chi connectivity index (χ4n) is 1.64. The van der Waals surface area contributed by atoms with Crippen molar-refractivity contribution in [1.82, 2.24) is 9.97 Å². The maximum Gasteiger partial charge on any atom is 0.264 e. The topological polar surface area (TPSA) is 101 Å². The Bertz CT molecular complexity index is 663. The average molecular weight is 266 g/mol. The molecule has 6 nitrogen and oxygen atoms in total. The molecule has 0 atom stereocenters. The van der Waals surface area contributed by atoms with E-state index in [2.05, 4.69) is 14.7 Å². The van der Waals surface area contributed by atoms with E-state index < -0.39 is 10.0 Å². The lowest BCUT2D eigenvalue weighted by Crippen LogP contribution is -2.16. The predicted octanol–water partition coefficient (Wildman–Crippen LogP) is 1.41. The maximum atomic E-state index is 12.2. The summed E-state index contributed by atoms with van der Waals surface area (Å²) in [7, 11) is -3.68. The minimum Gasteiger partial charge on any atom is -0.399 e. The molecule has 0 saturated carbocycles. The first-order valence-corrected chi connectivity index (χ1v) is 6.77. The Morgan fingerprint density at radius 1 is 1.33 bits per heavy atom. The molecule has 0 bridgehead atoms. The van der Waals surface area contributed by atoms with E-state index in [0.29, 0.717) is 11.3 Å². The third-order valence-corrected chi connectivity index (χ3v) is 4.13. The van der Waals surface area contributed by atoms with Crippen LogP contribution < -0.4 is 10.5 Å². The van der Waals surface area contributed by atoms with Crippen molar-refractivity contribution in [1.29, 1.82) is 0 Å². The van der Waals surface area contributed by atoms with Gasteiger partial charge in [-0.05, 0) is 37.1 Å². The predicted molar refractivity (Wildman–Crippen MR) is 69.7 cm³/mol. The molecular weight excluding hydrogens is 252 g/mol. The summed E-state index contributed by atoms with van der Waals surface area (Å²) >= 11 is 0. The van der Waals surface area contributed by atoms with Crippen LogP contribution in [0.4, 0.5) is 11.6 Å². The molecule has 0 aliphatic heterocycles. The molecule has 2 rings (SSSR count). The van der Waals surface area contributed by atoms with Crippen LogP contribution in [0.25, 0.3) is 0 Å². The first kappa shape index (κ1) is 12.4. The van der Waals surface area contributed by atoms with E-state index in [1.807, 2.05) is 6.92 Å². The number of benzene rings is 1. The number of aromatic nitrogens is 2. The van der Waals surface area contributed by atoms with Crippen molar-refractivity contribution in [3.63, 3.8) is 0 Å². The molecule has 0 aliphatic rings. The number of rotatable bonds is 3. The van der Waals surface area contributed by atoms with Gasteiger partial charge in [0.15, 0.2) is 0 Å². The molecule has 0 radical (unpaired) electrons. The van der Waals surface area contributed by atoms with Crippen molar-refractivity contribution in [2.24, 2.45) is 0 Å². The largest absolute Gasteiger partial charge is 0.399 e. The molecule has 0 aliphatic carbocycles. The fourth-order valence-corrected chi connectivity index (χ4v) is 2.97. The summed E-state index contributed by atoms with van der Waals surface area (Å²) in [4.78, 5) is 6.67. The second-order valence-electron chi connectivity index (χ2n) is 4.00. The number of hydrogen-bond donors (Lipinski definition) is 3. The zero-order valence-electron chi connectivity index (χ0n) is 10.1. The standard InChI is InChI=1S/C11H14N4O2S/c1-7-5-9(12)6-10(8(7)2)18(16,17)15-11-13-3-4-14-11/h3-6H,12H2,1-2H3,(H2,13,14,15). The van der Waals surface area contributed by atoms with Crippen LogP contribution in [0.3, 0.4) is 0 Å². The fraction of sp³-hybridized carbons (Fsp3) is 0.182. The number of aryl methyl sites for hydroxylation is 1. The van der Waals surface area contributed by atoms with Gasteiger partial charge in [-0.1, -0.05) is 0 Å². The molecule has 1 aromatic heterocycles. The van der Waals surface area contributed by atoms with E-state index in [1.54, 1.807) is 13.0 Å². The first-order valence-electron chi connectivity index (χ1n) is 5.29. The molecule has 96 valence electrons. The van der Waals surface area contributed by atoms with Crippen LogP contribution in [0.15, 0.2) is 29.4 Å². The van der Waals surface area contributed by atoms with E-state index in [4.69, 9.17) is 5.73 Å². The molecule has 0 fully saturated rings. The first-order chi connectivity index (χ1) is 8.40. The molecule has 1 aromatic carbocycles. The second kappa shape index (κ2) is 4.34. The van der Waals surface area contributed by atoms with Gasteiger partial charge >= 0.3 is 0 Å². The number of anilines is 2. The van der Waals surface area contributed by atoms with E-state index in [0.717, 1.165) is 5.56 Å². The van der Waals surface area contributed by atoms with Gasteiger partial charge < -0.3 is 10.7 Å². The number of sulfonamides is 1. The van der Waals surface area contributed by atoms with Gasteiger partial charge in [0.2, 0.25) is 5.95 Å². The Kier molecular flexibility index (Phi) is 3.00. The summed E-state index contributed by atoms with van der Waals surface area (Å²) in [5, 5.41) is 0. The number of H-pyrrole nitrogens is 1. The number of imidazole rings is 1. The van der Waals surface area contributed by atoms with Crippen LogP contribution in [0.5, 0.6) is 0 Å². The lowest BCUT2D eigenvalue weighted by molar-refractivity contribution is 0.600. The van der Waals surface area contributed by atoms with E-state index in [-0.39, 0.29) is 10.8 Å². The zero-order chi connectivity index (χ0) is 13.3. The van der Waals surface area contributed by atoms with Crippen molar-refractivity contribution >= 4 is 21.7 Å². The number of nitrogen functional groups attached to an aromatic ring is 1. The van der Waals surface area contributed by atoms with Crippen LogP contribution >= 0.6 is 0 Å². The molecule has 18 heavy (non-hydrogen) atoms. The molecule has 1 heterocycles. The molecule has 0 saturated heterocycles. The van der Waals surface area contributed by atoms with Crippen molar-refractivity contribution in [2.75, 3.05) is 10.5 Å². The van der Waals surface area contributed by atoms with Crippen molar-refractivity contribution < 1.29 is 8.42 Å². The molecule has 7 heteroatoms.